The number of rotatable bonds is 5. The van der Waals surface area contributed by atoms with E-state index >= 15 is 0 Å². The number of nitrogens with zero attached hydrogens (tertiary/aromatic N) is 1. The molecule has 0 atom stereocenters. The van der Waals surface area contributed by atoms with E-state index in [1.54, 1.807) is 6.20 Å². The predicted octanol–water partition coefficient (Wildman–Crippen LogP) is 3.14. The van der Waals surface area contributed by atoms with E-state index in [0.717, 1.165) is 10.9 Å². The van der Waals surface area contributed by atoms with Crippen molar-refractivity contribution in [1.29, 1.82) is 0 Å². The number of methoxy groups -OCH3 is 1. The molecule has 1 saturated heterocycles. The maximum atomic E-state index is 13.7. The smallest absolute Gasteiger partial charge is 0.258 e. The fourth-order valence-electron chi connectivity index (χ4n) is 2.87. The van der Waals surface area contributed by atoms with Crippen LogP contribution in [0.4, 0.5) is 13.9 Å². The van der Waals surface area contributed by atoms with E-state index in [1.165, 1.54) is 30.6 Å². The van der Waals surface area contributed by atoms with Gasteiger partial charge in [-0.15, -0.1) is 23.7 Å². The van der Waals surface area contributed by atoms with Crippen LogP contribution in [0.5, 0.6) is 0 Å². The van der Waals surface area contributed by atoms with Crippen LogP contribution in [0.3, 0.4) is 0 Å². The summed E-state index contributed by atoms with van der Waals surface area (Å²) in [5, 5.41) is 6.44. The lowest BCUT2D eigenvalue weighted by molar-refractivity contribution is -0.140. The number of nitrogens with one attached hydrogen (secondary N) is 2. The highest BCUT2D eigenvalue weighted by Crippen LogP contribution is 2.27. The molecule has 0 saturated carbocycles. The summed E-state index contributed by atoms with van der Waals surface area (Å²) in [5.41, 5.74) is -0.463. The lowest BCUT2D eigenvalue weighted by Crippen LogP contribution is -2.51. The number of hydrogen-bond acceptors (Lipinski definition) is 5. The molecule has 1 aromatic carbocycles. The van der Waals surface area contributed by atoms with Crippen molar-refractivity contribution in [3.8, 4) is 0 Å². The summed E-state index contributed by atoms with van der Waals surface area (Å²) in [4.78, 5) is 17.5. The first-order valence-corrected chi connectivity index (χ1v) is 8.80. The third-order valence-corrected chi connectivity index (χ3v) is 5.28. The predicted molar refractivity (Wildman–Crippen MR) is 99.0 cm³/mol. The van der Waals surface area contributed by atoms with Gasteiger partial charge in [-0.3, -0.25) is 10.1 Å². The van der Waals surface area contributed by atoms with Crippen molar-refractivity contribution in [2.45, 2.75) is 24.9 Å². The Morgan fingerprint density at radius 3 is 2.77 bits per heavy atom. The Morgan fingerprint density at radius 1 is 1.38 bits per heavy atom. The highest BCUT2D eigenvalue weighted by Gasteiger charge is 2.40. The van der Waals surface area contributed by atoms with Crippen molar-refractivity contribution in [3.63, 3.8) is 0 Å². The third-order valence-electron chi connectivity index (χ3n) is 4.37. The number of hydrogen-bond donors (Lipinski definition) is 2. The SMILES string of the molecule is COC1(C(=O)Nc2ncc(Cc3ccc(F)cc3F)s2)CCNCC1.Cl. The van der Waals surface area contributed by atoms with Gasteiger partial charge in [-0.2, -0.15) is 0 Å². The van der Waals surface area contributed by atoms with Crippen LogP contribution in [0.25, 0.3) is 0 Å². The van der Waals surface area contributed by atoms with E-state index in [2.05, 4.69) is 15.6 Å². The van der Waals surface area contributed by atoms with E-state index in [4.69, 9.17) is 4.74 Å². The maximum absolute atomic E-state index is 13.7. The highest BCUT2D eigenvalue weighted by atomic mass is 35.5. The molecule has 1 fully saturated rings. The normalized spacial score (nSPS) is 16.0. The highest BCUT2D eigenvalue weighted by molar-refractivity contribution is 7.15. The van der Waals surface area contributed by atoms with Gasteiger partial charge in [0.1, 0.15) is 17.2 Å². The minimum atomic E-state index is -0.847. The van der Waals surface area contributed by atoms with Crippen molar-refractivity contribution in [2.75, 3.05) is 25.5 Å². The third kappa shape index (κ3) is 4.56. The molecule has 1 amide bonds. The molecule has 2 heterocycles. The quantitative estimate of drug-likeness (QED) is 0.805. The monoisotopic (exact) mass is 403 g/mol. The van der Waals surface area contributed by atoms with Crippen LogP contribution in [0.2, 0.25) is 0 Å². The van der Waals surface area contributed by atoms with Gasteiger partial charge >= 0.3 is 0 Å². The van der Waals surface area contributed by atoms with Crippen LogP contribution in [-0.4, -0.2) is 36.7 Å². The standard InChI is InChI=1S/C17H19F2N3O2S.ClH/c1-24-17(4-6-20-7-5-17)15(23)22-16-21-10-13(25-16)8-11-2-3-12(18)9-14(11)19;/h2-3,9-10,20H,4-8H2,1H3,(H,21,22,23);1H. The van der Waals surface area contributed by atoms with E-state index < -0.39 is 17.2 Å². The van der Waals surface area contributed by atoms with Gasteiger partial charge < -0.3 is 10.1 Å². The van der Waals surface area contributed by atoms with Crippen LogP contribution < -0.4 is 10.6 Å². The van der Waals surface area contributed by atoms with Crippen LogP contribution >= 0.6 is 23.7 Å². The molecule has 0 spiro atoms. The van der Waals surface area contributed by atoms with Crippen LogP contribution in [0.15, 0.2) is 24.4 Å². The molecule has 0 unspecified atom stereocenters. The molecule has 2 aromatic rings. The second kappa shape index (κ2) is 8.85. The van der Waals surface area contributed by atoms with E-state index in [1.807, 2.05) is 0 Å². The van der Waals surface area contributed by atoms with Crippen LogP contribution in [0, 0.1) is 11.6 Å². The number of benzene rings is 1. The molecule has 0 aliphatic carbocycles. The molecule has 0 radical (unpaired) electrons. The summed E-state index contributed by atoms with van der Waals surface area (Å²) >= 11 is 1.27. The van der Waals surface area contributed by atoms with Crippen molar-refractivity contribution in [2.24, 2.45) is 0 Å². The number of anilines is 1. The summed E-state index contributed by atoms with van der Waals surface area (Å²) in [6, 6.07) is 3.50. The molecule has 26 heavy (non-hydrogen) atoms. The van der Waals surface area contributed by atoms with Crippen molar-refractivity contribution < 1.29 is 18.3 Å². The first-order chi connectivity index (χ1) is 12.0. The number of carbonyl (C=O) groups is 1. The minimum Gasteiger partial charge on any atom is -0.368 e. The Labute approximate surface area is 160 Å². The average molecular weight is 404 g/mol. The van der Waals surface area contributed by atoms with Gasteiger partial charge in [0.2, 0.25) is 0 Å². The molecule has 1 aromatic heterocycles. The Balaban J connectivity index is 0.00000243. The first kappa shape index (κ1) is 20.7. The van der Waals surface area contributed by atoms with E-state index in [0.29, 0.717) is 43.0 Å². The summed E-state index contributed by atoms with van der Waals surface area (Å²) in [6.45, 7) is 1.43. The summed E-state index contributed by atoms with van der Waals surface area (Å²) in [7, 11) is 1.54. The van der Waals surface area contributed by atoms with Crippen molar-refractivity contribution in [1.82, 2.24) is 10.3 Å². The topological polar surface area (TPSA) is 63.2 Å². The van der Waals surface area contributed by atoms with Crippen molar-refractivity contribution in [3.05, 3.63) is 46.5 Å². The number of thiazole rings is 1. The molecule has 1 aliphatic heterocycles. The molecular formula is C17H20ClF2N3O2S. The Kier molecular flexibility index (Phi) is 7.05. The van der Waals surface area contributed by atoms with E-state index in [-0.39, 0.29) is 18.3 Å². The summed E-state index contributed by atoms with van der Waals surface area (Å²) in [5.74, 6) is -1.41. The van der Waals surface area contributed by atoms with Crippen molar-refractivity contribution >= 4 is 34.8 Å². The summed E-state index contributed by atoms with van der Waals surface area (Å²) in [6.07, 6.45) is 3.06. The second-order valence-corrected chi connectivity index (χ2v) is 7.06. The lowest BCUT2D eigenvalue weighted by Gasteiger charge is -2.34. The number of aromatic nitrogens is 1. The van der Waals surface area contributed by atoms with Crippen LogP contribution in [0.1, 0.15) is 23.3 Å². The number of halogens is 3. The number of amides is 1. The molecule has 142 valence electrons. The fraction of sp³-hybridized carbons (Fsp3) is 0.412. The van der Waals surface area contributed by atoms with Gasteiger partial charge in [-0.1, -0.05) is 6.07 Å². The zero-order valence-corrected chi connectivity index (χ0v) is 15.8. The zero-order valence-electron chi connectivity index (χ0n) is 14.2. The maximum Gasteiger partial charge on any atom is 0.258 e. The largest absolute Gasteiger partial charge is 0.368 e. The van der Waals surface area contributed by atoms with Gasteiger partial charge in [0, 0.05) is 30.7 Å². The fourth-order valence-corrected chi connectivity index (χ4v) is 3.70. The minimum absolute atomic E-state index is 0. The number of carbonyl (C=O) groups excluding carboxylic acids is 1. The first-order valence-electron chi connectivity index (χ1n) is 7.98. The lowest BCUT2D eigenvalue weighted by atomic mass is 9.91. The molecular weight excluding hydrogens is 384 g/mol. The molecule has 9 heteroatoms. The number of piperidine rings is 1. The second-order valence-electron chi connectivity index (χ2n) is 5.95. The molecule has 3 rings (SSSR count). The van der Waals surface area contributed by atoms with Gasteiger partial charge in [0.05, 0.1) is 0 Å². The molecule has 0 bridgehead atoms. The summed E-state index contributed by atoms with van der Waals surface area (Å²) < 4.78 is 32.2. The Hall–Kier alpha value is -1.61. The molecule has 2 N–H and O–H groups in total. The van der Waals surface area contributed by atoms with E-state index in [9.17, 15) is 13.6 Å². The Morgan fingerprint density at radius 2 is 2.12 bits per heavy atom. The van der Waals surface area contributed by atoms with Gasteiger partial charge in [-0.05, 0) is 37.6 Å². The molecule has 1 aliphatic rings. The zero-order chi connectivity index (χ0) is 17.9. The number of ether oxygens (including phenoxy) is 1. The Bertz CT molecular complexity index is 766. The van der Waals surface area contributed by atoms with Gasteiger partial charge in [0.25, 0.3) is 5.91 Å². The van der Waals surface area contributed by atoms with Gasteiger partial charge in [-0.25, -0.2) is 13.8 Å². The molecule has 5 nitrogen and oxygen atoms in total. The van der Waals surface area contributed by atoms with Crippen LogP contribution in [-0.2, 0) is 16.0 Å². The van der Waals surface area contributed by atoms with Gasteiger partial charge in [0.15, 0.2) is 5.13 Å². The average Bonchev–Trinajstić information content (AvgIpc) is 3.05.